The highest BCUT2D eigenvalue weighted by molar-refractivity contribution is 6.44. The molecule has 1 rings (SSSR count). The van der Waals surface area contributed by atoms with Crippen LogP contribution < -0.4 is 5.32 Å². The Bertz CT molecular complexity index is 407. The fourth-order valence-corrected chi connectivity index (χ4v) is 1.45. The van der Waals surface area contributed by atoms with Crippen molar-refractivity contribution in [2.45, 2.75) is 20.3 Å². The van der Waals surface area contributed by atoms with Crippen LogP contribution >= 0.6 is 23.2 Å². The van der Waals surface area contributed by atoms with Gasteiger partial charge in [0.05, 0.1) is 10.7 Å². The number of amides is 1. The molecule has 1 unspecified atom stereocenters. The van der Waals surface area contributed by atoms with Gasteiger partial charge in [-0.15, -0.1) is 0 Å². The number of carbonyl (C=O) groups excluding carboxylic acids is 1. The molecule has 0 saturated carbocycles. The maximum atomic E-state index is 11.6. The standard InChI is InChI=1S/C11H13Cl2NO2/c1-3-6(2)11(16)14-7-4-5-8(15)10(13)9(7)12/h4-6,15H,3H2,1-2H3,(H,14,16). The maximum absolute atomic E-state index is 11.6. The quantitative estimate of drug-likeness (QED) is 0.816. The van der Waals surface area contributed by atoms with Crippen LogP contribution in [-0.4, -0.2) is 11.0 Å². The molecule has 2 N–H and O–H groups in total. The Morgan fingerprint density at radius 1 is 1.44 bits per heavy atom. The predicted molar refractivity (Wildman–Crippen MR) is 66.2 cm³/mol. The average Bonchev–Trinajstić information content (AvgIpc) is 2.28. The number of phenols is 1. The number of hydrogen-bond acceptors (Lipinski definition) is 2. The number of hydrogen-bond donors (Lipinski definition) is 2. The van der Waals surface area contributed by atoms with E-state index in [9.17, 15) is 9.90 Å². The second-order valence-corrected chi connectivity index (χ2v) is 4.31. The summed E-state index contributed by atoms with van der Waals surface area (Å²) in [6, 6.07) is 2.91. The number of phenolic OH excluding ortho intramolecular Hbond substituents is 1. The Morgan fingerprint density at radius 2 is 2.06 bits per heavy atom. The molecule has 0 bridgehead atoms. The molecule has 0 aromatic heterocycles. The zero-order chi connectivity index (χ0) is 12.3. The lowest BCUT2D eigenvalue weighted by atomic mass is 10.1. The number of rotatable bonds is 3. The molecule has 0 aliphatic heterocycles. The number of halogens is 2. The van der Waals surface area contributed by atoms with Crippen LogP contribution in [0.5, 0.6) is 5.75 Å². The molecule has 88 valence electrons. The van der Waals surface area contributed by atoms with Crippen molar-refractivity contribution < 1.29 is 9.90 Å². The monoisotopic (exact) mass is 261 g/mol. The SMILES string of the molecule is CCC(C)C(=O)Nc1ccc(O)c(Cl)c1Cl. The largest absolute Gasteiger partial charge is 0.506 e. The van der Waals surface area contributed by atoms with Crippen LogP contribution in [0.4, 0.5) is 5.69 Å². The Morgan fingerprint density at radius 3 is 2.62 bits per heavy atom. The highest BCUT2D eigenvalue weighted by Crippen LogP contribution is 2.36. The van der Waals surface area contributed by atoms with E-state index < -0.39 is 0 Å². The minimum Gasteiger partial charge on any atom is -0.506 e. The van der Waals surface area contributed by atoms with Crippen LogP contribution in [0.3, 0.4) is 0 Å². The van der Waals surface area contributed by atoms with Crippen molar-refractivity contribution in [1.29, 1.82) is 0 Å². The molecular formula is C11H13Cl2NO2. The lowest BCUT2D eigenvalue weighted by Crippen LogP contribution is -2.19. The van der Waals surface area contributed by atoms with Crippen LogP contribution in [0.15, 0.2) is 12.1 Å². The van der Waals surface area contributed by atoms with Gasteiger partial charge in [-0.05, 0) is 18.6 Å². The van der Waals surface area contributed by atoms with Crippen molar-refractivity contribution >= 4 is 34.8 Å². The van der Waals surface area contributed by atoms with Gasteiger partial charge in [-0.1, -0.05) is 37.0 Å². The molecule has 16 heavy (non-hydrogen) atoms. The van der Waals surface area contributed by atoms with E-state index in [1.54, 1.807) is 0 Å². The molecule has 1 aromatic carbocycles. The third kappa shape index (κ3) is 2.80. The van der Waals surface area contributed by atoms with Crippen molar-refractivity contribution in [1.82, 2.24) is 0 Å². The number of aromatic hydroxyl groups is 1. The van der Waals surface area contributed by atoms with E-state index in [1.165, 1.54) is 12.1 Å². The molecule has 0 aliphatic rings. The van der Waals surface area contributed by atoms with Crippen molar-refractivity contribution in [2.75, 3.05) is 5.32 Å². The van der Waals surface area contributed by atoms with E-state index in [-0.39, 0.29) is 27.6 Å². The summed E-state index contributed by atoms with van der Waals surface area (Å²) in [5.74, 6) is -0.317. The normalized spacial score (nSPS) is 12.2. The Kier molecular flexibility index (Phi) is 4.44. The van der Waals surface area contributed by atoms with Gasteiger partial charge in [-0.25, -0.2) is 0 Å². The predicted octanol–water partition coefficient (Wildman–Crippen LogP) is 3.68. The zero-order valence-corrected chi connectivity index (χ0v) is 10.6. The maximum Gasteiger partial charge on any atom is 0.227 e. The smallest absolute Gasteiger partial charge is 0.227 e. The van der Waals surface area contributed by atoms with Gasteiger partial charge in [0.2, 0.25) is 5.91 Å². The third-order valence-electron chi connectivity index (χ3n) is 2.38. The Hall–Kier alpha value is -0.930. The molecule has 0 saturated heterocycles. The highest BCUT2D eigenvalue weighted by Gasteiger charge is 2.14. The van der Waals surface area contributed by atoms with Gasteiger partial charge in [-0.2, -0.15) is 0 Å². The van der Waals surface area contributed by atoms with E-state index in [1.807, 2.05) is 13.8 Å². The zero-order valence-electron chi connectivity index (χ0n) is 9.05. The van der Waals surface area contributed by atoms with E-state index in [2.05, 4.69) is 5.32 Å². The second-order valence-electron chi connectivity index (χ2n) is 3.56. The highest BCUT2D eigenvalue weighted by atomic mass is 35.5. The van der Waals surface area contributed by atoms with Gasteiger partial charge in [0.1, 0.15) is 10.8 Å². The lowest BCUT2D eigenvalue weighted by molar-refractivity contribution is -0.119. The van der Waals surface area contributed by atoms with Crippen LogP contribution in [-0.2, 0) is 4.79 Å². The molecule has 3 nitrogen and oxygen atoms in total. The molecule has 0 fully saturated rings. The van der Waals surface area contributed by atoms with Crippen molar-refractivity contribution in [3.05, 3.63) is 22.2 Å². The number of anilines is 1. The molecule has 1 atom stereocenters. The number of carbonyl (C=O) groups is 1. The van der Waals surface area contributed by atoms with E-state index in [0.29, 0.717) is 5.69 Å². The summed E-state index contributed by atoms with van der Waals surface area (Å²) >= 11 is 11.6. The summed E-state index contributed by atoms with van der Waals surface area (Å²) in [6.07, 6.45) is 0.745. The summed E-state index contributed by atoms with van der Waals surface area (Å²) in [5, 5.41) is 12.1. The van der Waals surface area contributed by atoms with Gasteiger partial charge in [-0.3, -0.25) is 4.79 Å². The van der Waals surface area contributed by atoms with Crippen LogP contribution in [0.25, 0.3) is 0 Å². The molecule has 1 aromatic rings. The third-order valence-corrected chi connectivity index (χ3v) is 3.25. The first-order valence-electron chi connectivity index (χ1n) is 4.95. The molecule has 0 heterocycles. The van der Waals surface area contributed by atoms with Gasteiger partial charge < -0.3 is 10.4 Å². The molecule has 1 amide bonds. The summed E-state index contributed by atoms with van der Waals surface area (Å²) in [7, 11) is 0. The van der Waals surface area contributed by atoms with Crippen molar-refractivity contribution in [2.24, 2.45) is 5.92 Å². The molecule has 0 aliphatic carbocycles. The molecular weight excluding hydrogens is 249 g/mol. The van der Waals surface area contributed by atoms with Crippen molar-refractivity contribution in [3.63, 3.8) is 0 Å². The second kappa shape index (κ2) is 5.41. The summed E-state index contributed by atoms with van der Waals surface area (Å²) < 4.78 is 0. The Labute approximate surface area is 104 Å². The van der Waals surface area contributed by atoms with Crippen LogP contribution in [0, 0.1) is 5.92 Å². The summed E-state index contributed by atoms with van der Waals surface area (Å²) in [6.45, 7) is 3.75. The average molecular weight is 262 g/mol. The van der Waals surface area contributed by atoms with E-state index in [4.69, 9.17) is 23.2 Å². The van der Waals surface area contributed by atoms with E-state index in [0.717, 1.165) is 6.42 Å². The molecule has 0 radical (unpaired) electrons. The van der Waals surface area contributed by atoms with Crippen LogP contribution in [0.1, 0.15) is 20.3 Å². The fourth-order valence-electron chi connectivity index (χ4n) is 1.08. The number of nitrogens with one attached hydrogen (secondary N) is 1. The Balaban J connectivity index is 2.91. The van der Waals surface area contributed by atoms with Crippen LogP contribution in [0.2, 0.25) is 10.0 Å². The van der Waals surface area contributed by atoms with Gasteiger partial charge in [0, 0.05) is 5.92 Å². The topological polar surface area (TPSA) is 49.3 Å². The minimum atomic E-state index is -0.119. The van der Waals surface area contributed by atoms with Gasteiger partial charge >= 0.3 is 0 Å². The lowest BCUT2D eigenvalue weighted by Gasteiger charge is -2.12. The minimum absolute atomic E-state index is 0.0450. The van der Waals surface area contributed by atoms with E-state index >= 15 is 0 Å². The molecule has 5 heteroatoms. The summed E-state index contributed by atoms with van der Waals surface area (Å²) in [4.78, 5) is 11.6. The number of benzene rings is 1. The van der Waals surface area contributed by atoms with Gasteiger partial charge in [0.15, 0.2) is 0 Å². The first-order valence-corrected chi connectivity index (χ1v) is 5.70. The first-order chi connectivity index (χ1) is 7.47. The van der Waals surface area contributed by atoms with Crippen molar-refractivity contribution in [3.8, 4) is 5.75 Å². The summed E-state index contributed by atoms with van der Waals surface area (Å²) in [5.41, 5.74) is 0.412. The fraction of sp³-hybridized carbons (Fsp3) is 0.364. The van der Waals surface area contributed by atoms with Gasteiger partial charge in [0.25, 0.3) is 0 Å². The molecule has 0 spiro atoms. The first kappa shape index (κ1) is 13.1.